The Hall–Kier alpha value is -2.64. The minimum Gasteiger partial charge on any atom is -0.496 e. The van der Waals surface area contributed by atoms with E-state index in [1.54, 1.807) is 54.6 Å². The number of hydrogen-bond donors (Lipinski definition) is 1. The van der Waals surface area contributed by atoms with Gasteiger partial charge >= 0.3 is 0 Å². The van der Waals surface area contributed by atoms with Gasteiger partial charge in [0, 0.05) is 49.5 Å². The average molecular weight is 403 g/mol. The third-order valence-corrected chi connectivity index (χ3v) is 4.86. The number of ether oxygens (including phenoxy) is 1. The van der Waals surface area contributed by atoms with Crippen molar-refractivity contribution < 1.29 is 14.3 Å². The van der Waals surface area contributed by atoms with Crippen LogP contribution in [-0.4, -0.2) is 66.4 Å². The smallest absolute Gasteiger partial charge is 0.272 e. The molecule has 0 radical (unpaired) electrons. The molecule has 0 spiro atoms. The second-order valence-corrected chi connectivity index (χ2v) is 6.95. The first-order valence-electron chi connectivity index (χ1n) is 9.08. The molecule has 2 heterocycles. The highest BCUT2D eigenvalue weighted by Crippen LogP contribution is 2.22. The van der Waals surface area contributed by atoms with E-state index in [1.807, 2.05) is 4.90 Å². The summed E-state index contributed by atoms with van der Waals surface area (Å²) in [5, 5.41) is 3.49. The van der Waals surface area contributed by atoms with Crippen LogP contribution in [0.15, 0.2) is 42.6 Å². The van der Waals surface area contributed by atoms with Gasteiger partial charge in [-0.2, -0.15) is 0 Å². The fourth-order valence-electron chi connectivity index (χ4n) is 3.10. The number of rotatable bonds is 6. The Morgan fingerprint density at radius 2 is 1.96 bits per heavy atom. The highest BCUT2D eigenvalue weighted by molar-refractivity contribution is 6.30. The molecule has 2 amide bonds. The summed E-state index contributed by atoms with van der Waals surface area (Å²) in [6.07, 6.45) is 1.61. The molecule has 1 aliphatic rings. The fraction of sp³-hybridized carbons (Fsp3) is 0.350. The monoisotopic (exact) mass is 402 g/mol. The maximum atomic E-state index is 12.4. The van der Waals surface area contributed by atoms with Crippen molar-refractivity contribution in [3.63, 3.8) is 0 Å². The molecule has 28 heavy (non-hydrogen) atoms. The third kappa shape index (κ3) is 5.21. The van der Waals surface area contributed by atoms with Gasteiger partial charge < -0.3 is 15.0 Å². The molecular weight excluding hydrogens is 380 g/mol. The van der Waals surface area contributed by atoms with Gasteiger partial charge in [0.1, 0.15) is 11.4 Å². The number of benzene rings is 1. The van der Waals surface area contributed by atoms with Gasteiger partial charge in [0.2, 0.25) is 5.91 Å². The summed E-state index contributed by atoms with van der Waals surface area (Å²) in [7, 11) is 1.58. The van der Waals surface area contributed by atoms with Gasteiger partial charge in [-0.1, -0.05) is 17.7 Å². The minimum atomic E-state index is -0.0773. The zero-order chi connectivity index (χ0) is 19.9. The van der Waals surface area contributed by atoms with Crippen molar-refractivity contribution in [2.75, 3.05) is 39.8 Å². The molecule has 1 aliphatic heterocycles. The second kappa shape index (κ2) is 9.52. The van der Waals surface area contributed by atoms with Gasteiger partial charge in [-0.05, 0) is 30.3 Å². The van der Waals surface area contributed by atoms with Crippen molar-refractivity contribution in [2.45, 2.75) is 6.54 Å². The SMILES string of the molecule is COc1ccc(Cl)cc1CNC(=O)CN1CCN(C(=O)c2ccccn2)CC1. The predicted molar refractivity (Wildman–Crippen MR) is 106 cm³/mol. The highest BCUT2D eigenvalue weighted by atomic mass is 35.5. The number of carbonyl (C=O) groups is 2. The van der Waals surface area contributed by atoms with E-state index in [1.165, 1.54) is 0 Å². The molecule has 1 aromatic carbocycles. The van der Waals surface area contributed by atoms with E-state index < -0.39 is 0 Å². The van der Waals surface area contributed by atoms with Crippen LogP contribution >= 0.6 is 11.6 Å². The van der Waals surface area contributed by atoms with E-state index in [0.717, 1.165) is 5.56 Å². The molecule has 1 fully saturated rings. The number of hydrogen-bond acceptors (Lipinski definition) is 5. The van der Waals surface area contributed by atoms with Crippen LogP contribution in [0.2, 0.25) is 5.02 Å². The van der Waals surface area contributed by atoms with Gasteiger partial charge in [0.25, 0.3) is 5.91 Å². The number of aromatic nitrogens is 1. The van der Waals surface area contributed by atoms with Crippen LogP contribution in [0.4, 0.5) is 0 Å². The van der Waals surface area contributed by atoms with Crippen molar-refractivity contribution in [3.8, 4) is 5.75 Å². The maximum absolute atomic E-state index is 12.4. The molecule has 0 aliphatic carbocycles. The van der Waals surface area contributed by atoms with E-state index in [2.05, 4.69) is 10.3 Å². The maximum Gasteiger partial charge on any atom is 0.272 e. The fourth-order valence-corrected chi connectivity index (χ4v) is 3.29. The summed E-state index contributed by atoms with van der Waals surface area (Å²) in [6, 6.07) is 10.6. The van der Waals surface area contributed by atoms with Gasteiger partial charge in [0.15, 0.2) is 0 Å². The number of amides is 2. The van der Waals surface area contributed by atoms with E-state index in [4.69, 9.17) is 16.3 Å². The van der Waals surface area contributed by atoms with Crippen LogP contribution in [0, 0.1) is 0 Å². The Kier molecular flexibility index (Phi) is 6.84. The van der Waals surface area contributed by atoms with Crippen LogP contribution in [0.3, 0.4) is 0 Å². The number of pyridine rings is 1. The lowest BCUT2D eigenvalue weighted by molar-refractivity contribution is -0.122. The quantitative estimate of drug-likeness (QED) is 0.797. The van der Waals surface area contributed by atoms with Crippen molar-refractivity contribution >= 4 is 23.4 Å². The molecule has 7 nitrogen and oxygen atoms in total. The largest absolute Gasteiger partial charge is 0.496 e. The second-order valence-electron chi connectivity index (χ2n) is 6.52. The first kappa shape index (κ1) is 20.1. The van der Waals surface area contributed by atoms with Gasteiger partial charge in [-0.25, -0.2) is 0 Å². The number of piperazine rings is 1. The summed E-state index contributed by atoms with van der Waals surface area (Å²) < 4.78 is 5.29. The summed E-state index contributed by atoms with van der Waals surface area (Å²) in [5.74, 6) is 0.538. The normalized spacial score (nSPS) is 14.6. The molecule has 3 rings (SSSR count). The molecule has 0 bridgehead atoms. The zero-order valence-electron chi connectivity index (χ0n) is 15.7. The molecule has 0 atom stereocenters. The molecule has 148 valence electrons. The van der Waals surface area contributed by atoms with Crippen molar-refractivity contribution in [1.29, 1.82) is 0 Å². The summed E-state index contributed by atoms with van der Waals surface area (Å²) in [6.45, 7) is 3.07. The zero-order valence-corrected chi connectivity index (χ0v) is 16.5. The van der Waals surface area contributed by atoms with Crippen molar-refractivity contribution in [2.24, 2.45) is 0 Å². The van der Waals surface area contributed by atoms with E-state index >= 15 is 0 Å². The Morgan fingerprint density at radius 3 is 2.64 bits per heavy atom. The average Bonchev–Trinajstić information content (AvgIpc) is 2.73. The molecule has 1 saturated heterocycles. The lowest BCUT2D eigenvalue weighted by Crippen LogP contribution is -2.51. The first-order chi connectivity index (χ1) is 13.6. The lowest BCUT2D eigenvalue weighted by Gasteiger charge is -2.34. The van der Waals surface area contributed by atoms with E-state index in [0.29, 0.717) is 49.2 Å². The summed E-state index contributed by atoms with van der Waals surface area (Å²) >= 11 is 6.02. The standard InChI is InChI=1S/C20H23ClN4O3/c1-28-18-6-5-16(21)12-15(18)13-23-19(26)14-24-8-10-25(11-9-24)20(27)17-4-2-3-7-22-17/h2-7,12H,8-11,13-14H2,1H3,(H,23,26). The van der Waals surface area contributed by atoms with Gasteiger partial charge in [-0.3, -0.25) is 19.5 Å². The molecular formula is C20H23ClN4O3. The minimum absolute atomic E-state index is 0.0715. The van der Waals surface area contributed by atoms with E-state index in [-0.39, 0.29) is 18.4 Å². The van der Waals surface area contributed by atoms with Crippen molar-refractivity contribution in [1.82, 2.24) is 20.1 Å². The predicted octanol–water partition coefficient (Wildman–Crippen LogP) is 1.82. The molecule has 2 aromatic rings. The number of nitrogens with zero attached hydrogens (tertiary/aromatic N) is 3. The molecule has 0 unspecified atom stereocenters. The number of nitrogens with one attached hydrogen (secondary N) is 1. The Labute approximate surface area is 169 Å². The highest BCUT2D eigenvalue weighted by Gasteiger charge is 2.23. The van der Waals surface area contributed by atoms with Crippen molar-refractivity contribution in [3.05, 3.63) is 58.9 Å². The molecule has 1 N–H and O–H groups in total. The summed E-state index contributed by atoms with van der Waals surface area (Å²) in [4.78, 5) is 32.6. The van der Waals surface area contributed by atoms with E-state index in [9.17, 15) is 9.59 Å². The molecule has 1 aromatic heterocycles. The van der Waals surface area contributed by atoms with Crippen LogP contribution in [0.1, 0.15) is 16.1 Å². The third-order valence-electron chi connectivity index (χ3n) is 4.63. The Bertz CT molecular complexity index is 823. The lowest BCUT2D eigenvalue weighted by atomic mass is 10.2. The number of halogens is 1. The Morgan fingerprint density at radius 1 is 1.18 bits per heavy atom. The van der Waals surface area contributed by atoms with Gasteiger partial charge in [0.05, 0.1) is 13.7 Å². The molecule has 8 heteroatoms. The van der Waals surface area contributed by atoms with Crippen LogP contribution in [-0.2, 0) is 11.3 Å². The number of carbonyl (C=O) groups excluding carboxylic acids is 2. The topological polar surface area (TPSA) is 74.8 Å². The van der Waals surface area contributed by atoms with Crippen LogP contribution in [0.5, 0.6) is 5.75 Å². The number of methoxy groups -OCH3 is 1. The van der Waals surface area contributed by atoms with Crippen LogP contribution in [0.25, 0.3) is 0 Å². The first-order valence-corrected chi connectivity index (χ1v) is 9.46. The molecule has 0 saturated carbocycles. The Balaban J connectivity index is 1.45. The van der Waals surface area contributed by atoms with Gasteiger partial charge in [-0.15, -0.1) is 0 Å². The van der Waals surface area contributed by atoms with Crippen LogP contribution < -0.4 is 10.1 Å². The summed E-state index contributed by atoms with van der Waals surface area (Å²) in [5.41, 5.74) is 1.28.